The molecule has 0 aromatic carbocycles. The number of methoxy groups -OCH3 is 1. The highest BCUT2D eigenvalue weighted by Crippen LogP contribution is 2.34. The largest absolute Gasteiger partial charge is 0.451 e. The minimum absolute atomic E-state index is 0.00591. The Morgan fingerprint density at radius 1 is 0.455 bits per heavy atom. The van der Waals surface area contributed by atoms with E-state index in [1.807, 2.05) is 69.9 Å². The highest BCUT2D eigenvalue weighted by Gasteiger charge is 2.38. The summed E-state index contributed by atoms with van der Waals surface area (Å²) in [5.41, 5.74) is 5.20. The first kappa shape index (κ1) is 97.9. The van der Waals surface area contributed by atoms with Gasteiger partial charge < -0.3 is 90.7 Å². The van der Waals surface area contributed by atoms with Crippen molar-refractivity contribution in [3.63, 3.8) is 0 Å². The molecule has 0 saturated carbocycles. The summed E-state index contributed by atoms with van der Waals surface area (Å²) in [5, 5.41) is 26.5. The molecule has 0 radical (unpaired) electrons. The monoisotopic (exact) mass is 1690 g/mol. The molecule has 121 heavy (non-hydrogen) atoms. The molecule has 31 nitrogen and oxygen atoms in total. The lowest BCUT2D eigenvalue weighted by molar-refractivity contribution is -0.145. The maximum absolute atomic E-state index is 12.8. The third kappa shape index (κ3) is 30.7. The SMILES string of the molecule is CC(=O)N1CC(Nc2cc(C(C)(C)C)nc(C(C)C)n2)C1.CC(C)(C)c1cc(NC2CNC2)nc(C(F)(F)F)n1.CC(C)(C)c1cc(NC2COC2)nc(N2CCNCC2)n1.CCCN(C)c1nc(NC2COC2)cc(C(C)(C)C)n1.CCN(C)c1nc(NC2COC2)cc(C(C)(C)C)n1.COCCN(C)c1nc(NC2COC2)cc(C(C)(C)C)n1. The summed E-state index contributed by atoms with van der Waals surface area (Å²) >= 11 is 0. The zero-order valence-electron chi connectivity index (χ0n) is 77.5. The number of nitrogens with zero attached hydrogens (tertiary/aromatic N) is 17. The second kappa shape index (κ2) is 42.7. The molecule has 13 heterocycles. The van der Waals surface area contributed by atoms with Gasteiger partial charge in [-0.2, -0.15) is 33.1 Å². The van der Waals surface area contributed by atoms with Crippen LogP contribution in [0.2, 0.25) is 0 Å². The van der Waals surface area contributed by atoms with Gasteiger partial charge in [-0.1, -0.05) is 145 Å². The molecule has 7 fully saturated rings. The number of anilines is 10. The molecule has 674 valence electrons. The molecule has 7 aliphatic rings. The van der Waals surface area contributed by atoms with Crippen LogP contribution in [0.5, 0.6) is 0 Å². The van der Waals surface area contributed by atoms with Gasteiger partial charge in [-0.25, -0.2) is 39.9 Å². The van der Waals surface area contributed by atoms with Crippen LogP contribution in [0, 0.1) is 0 Å². The fourth-order valence-corrected chi connectivity index (χ4v) is 12.0. The second-order valence-electron chi connectivity index (χ2n) is 38.7. The van der Waals surface area contributed by atoms with Crippen LogP contribution >= 0.6 is 0 Å². The predicted molar refractivity (Wildman–Crippen MR) is 479 cm³/mol. The predicted octanol–water partition coefficient (Wildman–Crippen LogP) is 11.9. The minimum atomic E-state index is -4.53. The summed E-state index contributed by atoms with van der Waals surface area (Å²) in [7, 11) is 7.74. The number of amides is 1. The van der Waals surface area contributed by atoms with Crippen molar-refractivity contribution < 1.29 is 41.7 Å². The molecule has 7 aliphatic heterocycles. The number of carbonyl (C=O) groups excluding carboxylic acids is 1. The number of likely N-dealkylation sites (tertiary alicyclic amines) is 1. The summed E-state index contributed by atoms with van der Waals surface area (Å²) in [6.07, 6.45) is -3.45. The van der Waals surface area contributed by atoms with Crippen LogP contribution in [-0.4, -0.2) is 267 Å². The van der Waals surface area contributed by atoms with Crippen molar-refractivity contribution in [1.82, 2.24) is 75.3 Å². The number of nitrogens with one attached hydrogen (secondary N) is 8. The molecule has 0 spiro atoms. The van der Waals surface area contributed by atoms with E-state index < -0.39 is 17.4 Å². The first-order valence-corrected chi connectivity index (χ1v) is 42.9. The number of aromatic nitrogens is 12. The molecule has 1 amide bonds. The average molecular weight is 1690 g/mol. The van der Waals surface area contributed by atoms with E-state index in [0.717, 1.165) is 218 Å². The van der Waals surface area contributed by atoms with Crippen molar-refractivity contribution in [1.29, 1.82) is 0 Å². The lowest BCUT2D eigenvalue weighted by atomic mass is 9.91. The minimum Gasteiger partial charge on any atom is -0.383 e. The molecule has 34 heteroatoms. The van der Waals surface area contributed by atoms with Gasteiger partial charge in [0.2, 0.25) is 35.5 Å². The van der Waals surface area contributed by atoms with Gasteiger partial charge >= 0.3 is 6.18 Å². The Bertz CT molecular complexity index is 4190. The van der Waals surface area contributed by atoms with Gasteiger partial charge in [0.15, 0.2) is 0 Å². The van der Waals surface area contributed by atoms with E-state index in [1.54, 1.807) is 20.1 Å². The van der Waals surface area contributed by atoms with Crippen molar-refractivity contribution in [2.75, 3.05) is 211 Å². The van der Waals surface area contributed by atoms with Crippen molar-refractivity contribution in [2.45, 2.75) is 247 Å². The zero-order valence-corrected chi connectivity index (χ0v) is 77.5. The van der Waals surface area contributed by atoms with E-state index in [-0.39, 0.29) is 50.9 Å². The van der Waals surface area contributed by atoms with E-state index in [1.165, 1.54) is 0 Å². The van der Waals surface area contributed by atoms with Crippen LogP contribution in [0.15, 0.2) is 36.4 Å². The second-order valence-corrected chi connectivity index (χ2v) is 38.7. The Balaban J connectivity index is 0.000000181. The van der Waals surface area contributed by atoms with Crippen LogP contribution in [-0.2, 0) is 67.1 Å². The van der Waals surface area contributed by atoms with Crippen molar-refractivity contribution >= 4 is 64.6 Å². The molecule has 0 unspecified atom stereocenters. The van der Waals surface area contributed by atoms with E-state index in [9.17, 15) is 18.0 Å². The molecule has 13 rings (SSSR count). The summed E-state index contributed by atoms with van der Waals surface area (Å²) in [5.74, 6) is 8.01. The third-order valence-electron chi connectivity index (χ3n) is 20.6. The topological polar surface area (TPSA) is 330 Å². The van der Waals surface area contributed by atoms with Gasteiger partial charge in [0.05, 0.1) is 130 Å². The summed E-state index contributed by atoms with van der Waals surface area (Å²) < 4.78 is 64.4. The summed E-state index contributed by atoms with van der Waals surface area (Å²) in [6.45, 7) is 64.2. The molecular weight excluding hydrogens is 1550 g/mol. The van der Waals surface area contributed by atoms with Crippen LogP contribution in [0.4, 0.5) is 71.9 Å². The van der Waals surface area contributed by atoms with Crippen LogP contribution in [0.3, 0.4) is 0 Å². The fourth-order valence-electron chi connectivity index (χ4n) is 12.0. The van der Waals surface area contributed by atoms with Gasteiger partial charge in [-0.05, 0) is 13.3 Å². The highest BCUT2D eigenvalue weighted by atomic mass is 19.4. The zero-order chi connectivity index (χ0) is 89.2. The quantitative estimate of drug-likeness (QED) is 0.0295. The Morgan fingerprint density at radius 2 is 0.793 bits per heavy atom. The Hall–Kier alpha value is -8.54. The Labute approximate surface area is 718 Å². The highest BCUT2D eigenvalue weighted by molar-refractivity contribution is 5.74. The maximum atomic E-state index is 12.8. The fraction of sp³-hybridized carbons (Fsp3) is 0.713. The average Bonchev–Trinajstić information content (AvgIpc) is 0.813. The molecule has 0 bridgehead atoms. The van der Waals surface area contributed by atoms with Gasteiger partial charge in [0.25, 0.3) is 0 Å². The molecule has 0 aliphatic carbocycles. The number of rotatable bonds is 23. The van der Waals surface area contributed by atoms with Gasteiger partial charge in [0.1, 0.15) is 40.7 Å². The third-order valence-corrected chi connectivity index (χ3v) is 20.6. The summed E-state index contributed by atoms with van der Waals surface area (Å²) in [6, 6.07) is 13.7. The number of piperazine rings is 1. The number of ether oxygens (including phenoxy) is 5. The Morgan fingerprint density at radius 3 is 1.12 bits per heavy atom. The number of likely N-dealkylation sites (N-methyl/N-ethyl adjacent to an activating group) is 1. The molecule has 8 N–H and O–H groups in total. The summed E-state index contributed by atoms with van der Waals surface area (Å²) in [4.78, 5) is 75.4. The number of hydrogen-bond donors (Lipinski definition) is 8. The van der Waals surface area contributed by atoms with Gasteiger partial charge in [-0.15, -0.1) is 0 Å². The maximum Gasteiger partial charge on any atom is 0.451 e. The number of hydrogen-bond acceptors (Lipinski definition) is 30. The lowest BCUT2D eigenvalue weighted by Crippen LogP contribution is -2.56. The number of halogens is 3. The first-order chi connectivity index (χ1) is 56.5. The van der Waals surface area contributed by atoms with Crippen LogP contribution in [0.1, 0.15) is 217 Å². The van der Waals surface area contributed by atoms with Crippen LogP contribution in [0.25, 0.3) is 0 Å². The van der Waals surface area contributed by atoms with Crippen LogP contribution < -0.4 is 62.1 Å². The molecule has 6 aromatic rings. The smallest absolute Gasteiger partial charge is 0.383 e. The van der Waals surface area contributed by atoms with Crippen molar-refractivity contribution in [3.05, 3.63) is 82.2 Å². The van der Waals surface area contributed by atoms with E-state index in [4.69, 9.17) is 43.6 Å². The Kier molecular flexibility index (Phi) is 34.6. The van der Waals surface area contributed by atoms with Gasteiger partial charge in [0, 0.05) is 182 Å². The first-order valence-electron chi connectivity index (χ1n) is 42.9. The molecule has 7 saturated heterocycles. The van der Waals surface area contributed by atoms with E-state index >= 15 is 0 Å². The molecular formula is C87H144F3N25O6. The van der Waals surface area contributed by atoms with Crippen molar-refractivity contribution in [3.8, 4) is 0 Å². The number of alkyl halides is 3. The normalized spacial score (nSPS) is 16.9. The lowest BCUT2D eigenvalue weighted by Gasteiger charge is -2.39. The molecule has 6 aromatic heterocycles. The van der Waals surface area contributed by atoms with Gasteiger partial charge in [-0.3, -0.25) is 4.79 Å². The van der Waals surface area contributed by atoms with Crippen molar-refractivity contribution in [2.24, 2.45) is 0 Å². The van der Waals surface area contributed by atoms with E-state index in [0.29, 0.717) is 42.4 Å². The molecule has 0 atom stereocenters. The standard InChI is InChI=1S/C16H26N4O.C15H25N5O.C15H26N4O2.C15H26N4O.C14H24N4O.C12H17F3N4/c1-10(2)15-18-13(16(4,5)6)7-14(19-15)17-12-8-20(9-12)11(3)21;1-15(2,3)12-8-13(17-11-9-21-10-11)19-14(18-12)20-6-4-16-5-7-20;1-15(2,3)12-8-13(16-11-9-21-10-11)18-14(17-12)19(4)6-7-20-5;1-6-7-19(5)14-17-12(15(2,3)4)8-13(18-14)16-11-9-20-10-11;1-6-18(5)13-16-11(14(2,3)4)7-12(17-13)15-10-8-19-9-10;1-11(2,3)8-4-9(17-7-5-16-6-7)19-10(18-8)12(13,14)15/h7,10,12H,8-9H2,1-6H3,(H,17,18,19);8,11,16H,4-7,9-10H2,1-3H3,(H,17,18,19);8,11H,6-7,9-10H2,1-5H3,(H,16,17,18);8,11H,6-7,9-10H2,1-5H3,(H,16,17,18);7,10H,6,8-9H2,1-5H3,(H,15,16,17);4,7,16H,5-6H2,1-3H3,(H,17,18,19). The van der Waals surface area contributed by atoms with E-state index in [2.05, 4.69) is 241 Å². The number of carbonyl (C=O) groups is 1.